The number of hydrogen-bond acceptors (Lipinski definition) is 7. The van der Waals surface area contributed by atoms with Crippen LogP contribution in [0.15, 0.2) is 18.2 Å². The molecule has 1 saturated heterocycles. The summed E-state index contributed by atoms with van der Waals surface area (Å²) < 4.78 is 5.93. The highest BCUT2D eigenvalue weighted by Gasteiger charge is 2.38. The second kappa shape index (κ2) is 9.74. The predicted molar refractivity (Wildman–Crippen MR) is 121 cm³/mol. The minimum atomic E-state index is -0.719. The molecule has 9 heteroatoms. The Kier molecular flexibility index (Phi) is 7.27. The number of hydrogen-bond donors (Lipinski definition) is 3. The first-order valence-corrected chi connectivity index (χ1v) is 11.5. The number of rotatable bonds is 6. The molecule has 1 aromatic heterocycles. The maximum atomic E-state index is 12.9. The van der Waals surface area contributed by atoms with Crippen molar-refractivity contribution in [2.75, 3.05) is 18.9 Å². The molecule has 2 heterocycles. The van der Waals surface area contributed by atoms with Crippen LogP contribution in [0.2, 0.25) is 0 Å². The van der Waals surface area contributed by atoms with Gasteiger partial charge in [-0.1, -0.05) is 38.5 Å². The summed E-state index contributed by atoms with van der Waals surface area (Å²) in [6.07, 6.45) is 3.69. The molecule has 1 aromatic carbocycles. The topological polar surface area (TPSA) is 123 Å². The molecule has 168 valence electrons. The lowest BCUT2D eigenvalue weighted by Gasteiger charge is -2.40. The number of nitrogens with one attached hydrogen (secondary N) is 2. The van der Waals surface area contributed by atoms with Gasteiger partial charge < -0.3 is 21.1 Å². The van der Waals surface area contributed by atoms with Crippen LogP contribution in [0.3, 0.4) is 0 Å². The first-order chi connectivity index (χ1) is 14.8. The van der Waals surface area contributed by atoms with E-state index in [1.807, 2.05) is 13.8 Å². The maximum Gasteiger partial charge on any atom is 0.251 e. The number of nitrogens with two attached hydrogens (primary N) is 1. The van der Waals surface area contributed by atoms with E-state index in [4.69, 9.17) is 10.5 Å². The van der Waals surface area contributed by atoms with Crippen molar-refractivity contribution >= 4 is 44.3 Å². The minimum Gasteiger partial charge on any atom is -0.375 e. The van der Waals surface area contributed by atoms with Gasteiger partial charge in [-0.2, -0.15) is 0 Å². The fourth-order valence-electron chi connectivity index (χ4n) is 3.88. The van der Waals surface area contributed by atoms with Crippen molar-refractivity contribution in [3.8, 4) is 0 Å². The molecule has 1 aliphatic heterocycles. The summed E-state index contributed by atoms with van der Waals surface area (Å²) in [4.78, 5) is 41.8. The maximum absolute atomic E-state index is 12.9. The number of ether oxygens (including phenoxy) is 1. The number of thiazole rings is 1. The summed E-state index contributed by atoms with van der Waals surface area (Å²) >= 11 is 1.31. The molecule has 0 radical (unpaired) electrons. The predicted octanol–water partition coefficient (Wildman–Crippen LogP) is 2.67. The molecule has 2 aliphatic rings. The largest absolute Gasteiger partial charge is 0.375 e. The normalized spacial score (nSPS) is 20.4. The van der Waals surface area contributed by atoms with Gasteiger partial charge in [0.05, 0.1) is 16.8 Å². The van der Waals surface area contributed by atoms with Crippen molar-refractivity contribution in [2.45, 2.75) is 58.5 Å². The van der Waals surface area contributed by atoms with Gasteiger partial charge in [-0.05, 0) is 42.9 Å². The Hall–Kier alpha value is -2.52. The third-order valence-electron chi connectivity index (χ3n) is 5.78. The van der Waals surface area contributed by atoms with Crippen molar-refractivity contribution in [2.24, 2.45) is 5.41 Å². The second-order valence-electron chi connectivity index (χ2n) is 8.17. The Bertz CT molecular complexity index is 970. The van der Waals surface area contributed by atoms with Crippen LogP contribution >= 0.6 is 11.3 Å². The first-order valence-electron chi connectivity index (χ1n) is 10.7. The summed E-state index contributed by atoms with van der Waals surface area (Å²) in [5.74, 6) is -0.833. The van der Waals surface area contributed by atoms with Crippen molar-refractivity contribution < 1.29 is 19.1 Å². The van der Waals surface area contributed by atoms with E-state index >= 15 is 0 Å². The van der Waals surface area contributed by atoms with Gasteiger partial charge in [-0.15, -0.1) is 0 Å². The average Bonchev–Trinajstić information content (AvgIpc) is 3.31. The number of nitrogens with zero attached hydrogens (tertiary/aromatic N) is 1. The van der Waals surface area contributed by atoms with E-state index < -0.39 is 12.1 Å². The zero-order valence-corrected chi connectivity index (χ0v) is 19.0. The lowest BCUT2D eigenvalue weighted by molar-refractivity contribution is -0.128. The molecule has 4 N–H and O–H groups in total. The van der Waals surface area contributed by atoms with Crippen LogP contribution in [-0.2, 0) is 14.3 Å². The van der Waals surface area contributed by atoms with E-state index in [1.54, 1.807) is 18.2 Å². The van der Waals surface area contributed by atoms with Crippen LogP contribution in [0, 0.1) is 5.41 Å². The number of Topliss-reactive ketones (excluding diaryl/α,β-unsaturated/α-hetero) is 1. The number of fused-ring (bicyclic) bond motifs is 1. The third kappa shape index (κ3) is 5.40. The number of amides is 2. The zero-order chi connectivity index (χ0) is 22.6. The molecular formula is C22H30N4O4S. The number of carbonyl (C=O) groups excluding carboxylic acids is 3. The highest BCUT2D eigenvalue weighted by atomic mass is 32.1. The Morgan fingerprint density at radius 2 is 2.10 bits per heavy atom. The molecule has 8 nitrogen and oxygen atoms in total. The van der Waals surface area contributed by atoms with E-state index in [9.17, 15) is 14.4 Å². The summed E-state index contributed by atoms with van der Waals surface area (Å²) in [7, 11) is 0. The SMILES string of the molecule is CC.CC1(CC(NC(=O)c2ccc3nc(N)sc3c2)C(=O)NC2COCC2=O)CCC1. The first kappa shape index (κ1) is 23.1. The number of aromatic nitrogens is 1. The lowest BCUT2D eigenvalue weighted by Crippen LogP contribution is -2.53. The van der Waals surface area contributed by atoms with Gasteiger partial charge in [-0.25, -0.2) is 4.98 Å². The van der Waals surface area contributed by atoms with Gasteiger partial charge in [0.25, 0.3) is 5.91 Å². The highest BCUT2D eigenvalue weighted by molar-refractivity contribution is 7.22. The standard InChI is InChI=1S/C20H24N4O4S.C2H6/c1-20(5-2-6-20)8-13(18(27)23-14-9-28-10-15(14)25)22-17(26)11-3-4-12-16(7-11)29-19(21)24-12;1-2/h3-4,7,13-14H,2,5-6,8-10H2,1H3,(H2,21,24)(H,22,26)(H,23,27);1-2H3. The Labute approximate surface area is 185 Å². The molecule has 0 bridgehead atoms. The smallest absolute Gasteiger partial charge is 0.251 e. The second-order valence-corrected chi connectivity index (χ2v) is 9.23. The van der Waals surface area contributed by atoms with Crippen LogP contribution in [0.1, 0.15) is 56.8 Å². The number of nitrogen functional groups attached to an aromatic ring is 1. The lowest BCUT2D eigenvalue weighted by atomic mass is 9.67. The van der Waals surface area contributed by atoms with Gasteiger partial charge in [0.15, 0.2) is 10.9 Å². The van der Waals surface area contributed by atoms with Crippen molar-refractivity contribution in [1.29, 1.82) is 0 Å². The van der Waals surface area contributed by atoms with E-state index in [0.29, 0.717) is 17.1 Å². The monoisotopic (exact) mass is 446 g/mol. The molecule has 31 heavy (non-hydrogen) atoms. The molecule has 2 amide bonds. The molecule has 0 spiro atoms. The highest BCUT2D eigenvalue weighted by Crippen LogP contribution is 2.44. The van der Waals surface area contributed by atoms with Crippen LogP contribution in [0.4, 0.5) is 5.13 Å². The Morgan fingerprint density at radius 1 is 1.35 bits per heavy atom. The summed E-state index contributed by atoms with van der Waals surface area (Å²) in [6, 6.07) is 3.78. The third-order valence-corrected chi connectivity index (χ3v) is 6.63. The van der Waals surface area contributed by atoms with Gasteiger partial charge in [0.1, 0.15) is 18.7 Å². The van der Waals surface area contributed by atoms with Crippen molar-refractivity contribution in [3.63, 3.8) is 0 Å². The van der Waals surface area contributed by atoms with Crippen LogP contribution in [-0.4, -0.2) is 47.9 Å². The van der Waals surface area contributed by atoms with E-state index in [2.05, 4.69) is 22.5 Å². The fraction of sp³-hybridized carbons (Fsp3) is 0.545. The van der Waals surface area contributed by atoms with Gasteiger partial charge in [0, 0.05) is 5.56 Å². The molecule has 2 fully saturated rings. The van der Waals surface area contributed by atoms with Gasteiger partial charge in [-0.3, -0.25) is 14.4 Å². The van der Waals surface area contributed by atoms with Crippen LogP contribution < -0.4 is 16.4 Å². The summed E-state index contributed by atoms with van der Waals surface area (Å²) in [5.41, 5.74) is 6.93. The Morgan fingerprint density at radius 3 is 2.71 bits per heavy atom. The molecule has 2 unspecified atom stereocenters. The fourth-order valence-corrected chi connectivity index (χ4v) is 4.65. The van der Waals surface area contributed by atoms with Crippen LogP contribution in [0.5, 0.6) is 0 Å². The summed E-state index contributed by atoms with van der Waals surface area (Å²) in [5, 5.41) is 6.05. The van der Waals surface area contributed by atoms with Gasteiger partial charge in [0.2, 0.25) is 5.91 Å². The van der Waals surface area contributed by atoms with Crippen LogP contribution in [0.25, 0.3) is 10.2 Å². The number of ketones is 1. The zero-order valence-electron chi connectivity index (χ0n) is 18.2. The van der Waals surface area contributed by atoms with E-state index in [-0.39, 0.29) is 36.2 Å². The molecule has 2 atom stereocenters. The Balaban J connectivity index is 0.00000132. The van der Waals surface area contributed by atoms with Crippen molar-refractivity contribution in [3.05, 3.63) is 23.8 Å². The number of benzene rings is 1. The number of anilines is 1. The quantitative estimate of drug-likeness (QED) is 0.627. The molecule has 1 aliphatic carbocycles. The van der Waals surface area contributed by atoms with E-state index in [0.717, 1.165) is 29.5 Å². The average molecular weight is 447 g/mol. The molecule has 2 aromatic rings. The summed E-state index contributed by atoms with van der Waals surface area (Å²) in [6.45, 7) is 6.31. The molecule has 4 rings (SSSR count). The number of carbonyl (C=O) groups is 3. The minimum absolute atomic E-state index is 0.0116. The van der Waals surface area contributed by atoms with Gasteiger partial charge >= 0.3 is 0 Å². The molecule has 1 saturated carbocycles. The van der Waals surface area contributed by atoms with E-state index in [1.165, 1.54) is 11.3 Å². The van der Waals surface area contributed by atoms with Crippen molar-refractivity contribution in [1.82, 2.24) is 15.6 Å². The molecular weight excluding hydrogens is 416 g/mol.